The highest BCUT2D eigenvalue weighted by atomic mass is 32.2. The van der Waals surface area contributed by atoms with Crippen LogP contribution in [0.25, 0.3) is 0 Å². The first-order valence-corrected chi connectivity index (χ1v) is 7.87. The number of nitrogens with one attached hydrogen (secondary N) is 1. The molecule has 2 fully saturated rings. The first-order valence-electron chi connectivity index (χ1n) is 6.38. The van der Waals surface area contributed by atoms with Gasteiger partial charge in [0, 0.05) is 30.0 Å². The van der Waals surface area contributed by atoms with Crippen molar-refractivity contribution in [2.45, 2.75) is 55.6 Å². The van der Waals surface area contributed by atoms with Gasteiger partial charge in [-0.15, -0.1) is 0 Å². The number of nitrogens with two attached hydrogens (primary N) is 1. The quantitative estimate of drug-likeness (QED) is 0.840. The first kappa shape index (κ1) is 12.2. The van der Waals surface area contributed by atoms with Gasteiger partial charge in [-0.2, -0.15) is 0 Å². The highest BCUT2D eigenvalue weighted by molar-refractivity contribution is 7.89. The van der Waals surface area contributed by atoms with Crippen LogP contribution in [0.3, 0.4) is 0 Å². The van der Waals surface area contributed by atoms with Crippen LogP contribution in [0, 0.1) is 0 Å². The number of sulfonamides is 1. The van der Waals surface area contributed by atoms with Gasteiger partial charge in [0.05, 0.1) is 4.90 Å². The average molecular weight is 269 g/mol. The maximum Gasteiger partial charge on any atom is 0.242 e. The molecule has 0 spiro atoms. The smallest absolute Gasteiger partial charge is 0.242 e. The molecule has 2 aliphatic rings. The van der Waals surface area contributed by atoms with Gasteiger partial charge in [0.2, 0.25) is 10.0 Å². The van der Waals surface area contributed by atoms with Crippen molar-refractivity contribution in [3.8, 4) is 0 Å². The van der Waals surface area contributed by atoms with Gasteiger partial charge in [-0.1, -0.05) is 0 Å². The van der Waals surface area contributed by atoms with Crippen molar-refractivity contribution in [3.63, 3.8) is 0 Å². The Kier molecular flexibility index (Phi) is 2.59. The van der Waals surface area contributed by atoms with Crippen LogP contribution in [0.15, 0.2) is 17.2 Å². The van der Waals surface area contributed by atoms with Gasteiger partial charge >= 0.3 is 0 Å². The van der Waals surface area contributed by atoms with E-state index in [9.17, 15) is 8.42 Å². The molecule has 2 saturated carbocycles. The fourth-order valence-corrected chi connectivity index (χ4v) is 3.69. The normalized spacial score (nSPS) is 22.1. The SMILES string of the molecule is CC1(NS(=O)(=O)c2cc(CN)n(C3CC3)c2)CC1. The van der Waals surface area contributed by atoms with Crippen LogP contribution in [0.2, 0.25) is 0 Å². The molecule has 0 amide bonds. The molecular formula is C12H19N3O2S. The van der Waals surface area contributed by atoms with Crippen LogP contribution < -0.4 is 10.5 Å². The zero-order valence-corrected chi connectivity index (χ0v) is 11.3. The number of aromatic nitrogens is 1. The molecule has 1 aromatic heterocycles. The minimum absolute atomic E-state index is 0.233. The summed E-state index contributed by atoms with van der Waals surface area (Å²) >= 11 is 0. The molecule has 6 heteroatoms. The van der Waals surface area contributed by atoms with Crippen LogP contribution in [-0.4, -0.2) is 18.5 Å². The second-order valence-corrected chi connectivity index (χ2v) is 7.36. The van der Waals surface area contributed by atoms with Crippen molar-refractivity contribution in [3.05, 3.63) is 18.0 Å². The number of nitrogens with zero attached hydrogens (tertiary/aromatic N) is 1. The van der Waals surface area contributed by atoms with Crippen LogP contribution >= 0.6 is 0 Å². The molecule has 1 heterocycles. The monoisotopic (exact) mass is 269 g/mol. The molecule has 0 unspecified atom stereocenters. The molecule has 5 nitrogen and oxygen atoms in total. The first-order chi connectivity index (χ1) is 8.43. The van der Waals surface area contributed by atoms with E-state index >= 15 is 0 Å². The Labute approximate surface area is 107 Å². The number of rotatable bonds is 5. The number of hydrogen-bond donors (Lipinski definition) is 2. The Morgan fingerprint density at radius 1 is 1.50 bits per heavy atom. The Morgan fingerprint density at radius 3 is 2.67 bits per heavy atom. The molecule has 100 valence electrons. The Bertz CT molecular complexity index is 568. The third-order valence-corrected chi connectivity index (χ3v) is 5.35. The molecule has 0 saturated heterocycles. The lowest BCUT2D eigenvalue weighted by atomic mass is 10.4. The van der Waals surface area contributed by atoms with Crippen molar-refractivity contribution >= 4 is 10.0 Å². The van der Waals surface area contributed by atoms with E-state index in [0.29, 0.717) is 17.5 Å². The molecule has 0 aromatic carbocycles. The fourth-order valence-electron chi connectivity index (χ4n) is 2.17. The summed E-state index contributed by atoms with van der Waals surface area (Å²) in [5, 5.41) is 0. The highest BCUT2D eigenvalue weighted by Gasteiger charge is 2.41. The molecule has 0 bridgehead atoms. The van der Waals surface area contributed by atoms with Gasteiger partial charge in [0.25, 0.3) is 0 Å². The van der Waals surface area contributed by atoms with E-state index in [1.807, 2.05) is 11.5 Å². The van der Waals surface area contributed by atoms with E-state index in [0.717, 1.165) is 31.4 Å². The van der Waals surface area contributed by atoms with E-state index in [1.165, 1.54) is 0 Å². The maximum atomic E-state index is 12.2. The maximum absolute atomic E-state index is 12.2. The van der Waals surface area contributed by atoms with E-state index in [-0.39, 0.29) is 5.54 Å². The van der Waals surface area contributed by atoms with Crippen molar-refractivity contribution in [1.29, 1.82) is 0 Å². The Balaban J connectivity index is 1.91. The minimum Gasteiger partial charge on any atom is -0.346 e. The lowest BCUT2D eigenvalue weighted by Crippen LogP contribution is -2.34. The largest absolute Gasteiger partial charge is 0.346 e. The Hall–Kier alpha value is -0.850. The molecule has 0 aliphatic heterocycles. The van der Waals surface area contributed by atoms with Gasteiger partial charge in [0.15, 0.2) is 0 Å². The Morgan fingerprint density at radius 2 is 2.17 bits per heavy atom. The summed E-state index contributed by atoms with van der Waals surface area (Å²) in [4.78, 5) is 0.350. The van der Waals surface area contributed by atoms with E-state index in [4.69, 9.17) is 5.73 Å². The fraction of sp³-hybridized carbons (Fsp3) is 0.667. The summed E-state index contributed by atoms with van der Waals surface area (Å²) in [5.74, 6) is 0. The lowest BCUT2D eigenvalue weighted by molar-refractivity contribution is 0.557. The summed E-state index contributed by atoms with van der Waals surface area (Å²) in [6.45, 7) is 2.32. The molecule has 1 aromatic rings. The van der Waals surface area contributed by atoms with Crippen molar-refractivity contribution in [2.24, 2.45) is 5.73 Å². The zero-order valence-electron chi connectivity index (χ0n) is 10.5. The predicted octanol–water partition coefficient (Wildman–Crippen LogP) is 1.11. The van der Waals surface area contributed by atoms with Crippen molar-refractivity contribution in [1.82, 2.24) is 9.29 Å². The van der Waals surface area contributed by atoms with Gasteiger partial charge in [0.1, 0.15) is 0 Å². The van der Waals surface area contributed by atoms with Crippen molar-refractivity contribution in [2.75, 3.05) is 0 Å². The summed E-state index contributed by atoms with van der Waals surface area (Å²) in [7, 11) is -3.40. The second-order valence-electron chi connectivity index (χ2n) is 5.68. The third kappa shape index (κ3) is 2.20. The number of hydrogen-bond acceptors (Lipinski definition) is 3. The molecular weight excluding hydrogens is 250 g/mol. The summed E-state index contributed by atoms with van der Waals surface area (Å²) < 4.78 is 29.3. The van der Waals surface area contributed by atoms with E-state index in [2.05, 4.69) is 4.72 Å². The average Bonchev–Trinajstić information content (AvgIpc) is 3.20. The van der Waals surface area contributed by atoms with Gasteiger partial charge in [-0.3, -0.25) is 0 Å². The van der Waals surface area contributed by atoms with Gasteiger partial charge < -0.3 is 10.3 Å². The second kappa shape index (κ2) is 3.82. The zero-order chi connectivity index (χ0) is 13.0. The highest BCUT2D eigenvalue weighted by Crippen LogP contribution is 2.39. The van der Waals surface area contributed by atoms with Crippen LogP contribution in [0.1, 0.15) is 44.3 Å². The molecule has 2 aliphatic carbocycles. The minimum atomic E-state index is -3.40. The summed E-state index contributed by atoms with van der Waals surface area (Å²) in [6, 6.07) is 2.15. The summed E-state index contributed by atoms with van der Waals surface area (Å²) in [6.07, 6.45) is 5.80. The topological polar surface area (TPSA) is 77.1 Å². The molecule has 18 heavy (non-hydrogen) atoms. The molecule has 0 radical (unpaired) electrons. The van der Waals surface area contributed by atoms with Crippen molar-refractivity contribution < 1.29 is 8.42 Å². The predicted molar refractivity (Wildman–Crippen MR) is 68.6 cm³/mol. The van der Waals surface area contributed by atoms with E-state index < -0.39 is 10.0 Å². The van der Waals surface area contributed by atoms with Crippen LogP contribution in [0.4, 0.5) is 0 Å². The van der Waals surface area contributed by atoms with Gasteiger partial charge in [-0.25, -0.2) is 13.1 Å². The summed E-state index contributed by atoms with van der Waals surface area (Å²) in [5.41, 5.74) is 6.35. The van der Waals surface area contributed by atoms with Gasteiger partial charge in [-0.05, 0) is 38.7 Å². The molecule has 3 N–H and O–H groups in total. The standard InChI is InChI=1S/C12H19N3O2S/c1-12(4-5-12)14-18(16,17)11-6-10(7-13)15(8-11)9-2-3-9/h6,8-9,14H,2-5,7,13H2,1H3. The van der Waals surface area contributed by atoms with Crippen LogP contribution in [-0.2, 0) is 16.6 Å². The third-order valence-electron chi connectivity index (χ3n) is 3.75. The van der Waals surface area contributed by atoms with E-state index in [1.54, 1.807) is 12.3 Å². The lowest BCUT2D eigenvalue weighted by Gasteiger charge is -2.10. The molecule has 3 rings (SSSR count). The molecule has 0 atom stereocenters. The van der Waals surface area contributed by atoms with Crippen LogP contribution in [0.5, 0.6) is 0 Å².